The molecule has 0 atom stereocenters. The lowest BCUT2D eigenvalue weighted by atomic mass is 10.1. The van der Waals surface area contributed by atoms with Gasteiger partial charge < -0.3 is 4.74 Å². The van der Waals surface area contributed by atoms with Crippen LogP contribution in [0.1, 0.15) is 33.8 Å². The summed E-state index contributed by atoms with van der Waals surface area (Å²) in [6, 6.07) is 21.1. The Bertz CT molecular complexity index is 1720. The molecule has 11 heteroatoms. The van der Waals surface area contributed by atoms with E-state index in [1.165, 1.54) is 23.5 Å². The molecular weight excluding hydrogens is 526 g/mol. The summed E-state index contributed by atoms with van der Waals surface area (Å²) in [5.41, 5.74) is 2.01. The number of carbonyl (C=O) groups excluding carboxylic acids is 3. The predicted molar refractivity (Wildman–Crippen MR) is 139 cm³/mol. The van der Waals surface area contributed by atoms with Crippen molar-refractivity contribution in [1.82, 2.24) is 9.29 Å². The van der Waals surface area contributed by atoms with Crippen LogP contribution in [0.25, 0.3) is 21.9 Å². The molecule has 0 spiro atoms. The number of nitrogens with zero attached hydrogens (tertiary/aromatic N) is 3. The summed E-state index contributed by atoms with van der Waals surface area (Å²) in [6.07, 6.45) is 1.38. The van der Waals surface area contributed by atoms with Gasteiger partial charge in [0, 0.05) is 12.8 Å². The Morgan fingerprint density at radius 2 is 1.63 bits per heavy atom. The van der Waals surface area contributed by atoms with E-state index in [2.05, 4.69) is 11.1 Å². The van der Waals surface area contributed by atoms with Gasteiger partial charge in [-0.25, -0.2) is 18.2 Å². The second kappa shape index (κ2) is 10.0. The van der Waals surface area contributed by atoms with Crippen LogP contribution in [0.4, 0.5) is 0 Å². The number of carbonyl (C=O) groups is 3. The Morgan fingerprint density at radius 3 is 2.26 bits per heavy atom. The quantitative estimate of drug-likeness (QED) is 0.151. The third kappa shape index (κ3) is 4.82. The highest BCUT2D eigenvalue weighted by atomic mass is 32.2. The molecule has 0 radical (unpaired) electrons. The Labute approximate surface area is 221 Å². The number of allylic oxidation sites excluding steroid dienone is 1. The number of imide groups is 1. The van der Waals surface area contributed by atoms with Crippen LogP contribution >= 0.6 is 11.3 Å². The number of nitriles is 1. The first-order chi connectivity index (χ1) is 18.3. The molecule has 0 unspecified atom stereocenters. The van der Waals surface area contributed by atoms with E-state index in [-0.39, 0.29) is 33.4 Å². The van der Waals surface area contributed by atoms with Crippen molar-refractivity contribution in [1.29, 1.82) is 5.26 Å². The normalized spacial score (nSPS) is 14.1. The molecule has 188 valence electrons. The van der Waals surface area contributed by atoms with Crippen molar-refractivity contribution in [3.8, 4) is 11.8 Å². The van der Waals surface area contributed by atoms with Gasteiger partial charge in [0.25, 0.3) is 10.0 Å². The van der Waals surface area contributed by atoms with Crippen LogP contribution < -0.4 is 4.74 Å². The molecule has 3 aromatic carbocycles. The lowest BCUT2D eigenvalue weighted by molar-refractivity contribution is -0.132. The van der Waals surface area contributed by atoms with Crippen molar-refractivity contribution < 1.29 is 27.5 Å². The number of aromatic nitrogens is 1. The van der Waals surface area contributed by atoms with Crippen molar-refractivity contribution in [2.24, 2.45) is 0 Å². The van der Waals surface area contributed by atoms with Gasteiger partial charge in [0.15, 0.2) is 0 Å². The van der Waals surface area contributed by atoms with Gasteiger partial charge in [-0.05, 0) is 60.2 Å². The van der Waals surface area contributed by atoms with Crippen LogP contribution in [0.3, 0.4) is 0 Å². The second-order valence-corrected chi connectivity index (χ2v) is 11.0. The monoisotopic (exact) mass is 543 g/mol. The zero-order chi connectivity index (χ0) is 26.9. The molecule has 9 nitrogen and oxygen atoms in total. The van der Waals surface area contributed by atoms with Gasteiger partial charge in [-0.15, -0.1) is 11.3 Å². The molecule has 0 saturated carbocycles. The SMILES string of the molecule is N#CC(=Cc1ccc(OC(=O)c2ccc(S(=O)(=O)N3C(=O)CCC3=O)cc2)cc1)c1nc2ccccc2s1. The van der Waals surface area contributed by atoms with Crippen molar-refractivity contribution in [3.63, 3.8) is 0 Å². The van der Waals surface area contributed by atoms with Gasteiger partial charge in [-0.1, -0.05) is 24.3 Å². The summed E-state index contributed by atoms with van der Waals surface area (Å²) in [5, 5.41) is 10.2. The molecule has 1 saturated heterocycles. The zero-order valence-corrected chi connectivity index (χ0v) is 21.2. The second-order valence-electron chi connectivity index (χ2n) is 8.20. The van der Waals surface area contributed by atoms with Gasteiger partial charge >= 0.3 is 5.97 Å². The van der Waals surface area contributed by atoms with Gasteiger partial charge in [-0.2, -0.15) is 9.57 Å². The highest BCUT2D eigenvalue weighted by Crippen LogP contribution is 2.28. The highest BCUT2D eigenvalue weighted by molar-refractivity contribution is 7.90. The van der Waals surface area contributed by atoms with Crippen molar-refractivity contribution in [2.45, 2.75) is 17.7 Å². The van der Waals surface area contributed by atoms with Crippen molar-refractivity contribution >= 4 is 61.0 Å². The lowest BCUT2D eigenvalue weighted by Crippen LogP contribution is -2.35. The summed E-state index contributed by atoms with van der Waals surface area (Å²) in [6.45, 7) is 0. The number of hydrogen-bond donors (Lipinski definition) is 0. The number of amides is 2. The minimum absolute atomic E-state index is 0.0783. The lowest BCUT2D eigenvalue weighted by Gasteiger charge is -2.14. The number of ether oxygens (including phenoxy) is 1. The largest absolute Gasteiger partial charge is 0.423 e. The molecule has 1 aliphatic rings. The molecule has 0 N–H and O–H groups in total. The van der Waals surface area contributed by atoms with E-state index in [9.17, 15) is 28.1 Å². The maximum absolute atomic E-state index is 12.6. The molecule has 0 bridgehead atoms. The van der Waals surface area contributed by atoms with Gasteiger partial charge in [0.05, 0.1) is 26.2 Å². The maximum atomic E-state index is 12.6. The van der Waals surface area contributed by atoms with Gasteiger partial charge in [0.2, 0.25) is 11.8 Å². The van der Waals surface area contributed by atoms with E-state index in [1.54, 1.807) is 30.3 Å². The fourth-order valence-corrected chi connectivity index (χ4v) is 6.13. The molecule has 5 rings (SSSR count). The van der Waals surface area contributed by atoms with Crippen molar-refractivity contribution in [3.05, 3.63) is 88.9 Å². The molecule has 1 fully saturated rings. The summed E-state index contributed by atoms with van der Waals surface area (Å²) in [4.78, 5) is 40.4. The molecule has 0 aliphatic carbocycles. The first-order valence-corrected chi connectivity index (χ1v) is 13.5. The molecule has 4 aromatic rings. The average Bonchev–Trinajstić information content (AvgIpc) is 3.51. The van der Waals surface area contributed by atoms with Crippen LogP contribution in [-0.4, -0.2) is 35.5 Å². The van der Waals surface area contributed by atoms with Crippen LogP contribution in [0.2, 0.25) is 0 Å². The number of rotatable bonds is 6. The Hall–Kier alpha value is -4.66. The molecule has 2 amide bonds. The molecule has 1 aliphatic heterocycles. The summed E-state index contributed by atoms with van der Waals surface area (Å²) < 4.78 is 31.9. The van der Waals surface area contributed by atoms with Crippen molar-refractivity contribution in [2.75, 3.05) is 0 Å². The number of thiazole rings is 1. The van der Waals surface area contributed by atoms with E-state index in [1.807, 2.05) is 24.3 Å². The van der Waals surface area contributed by atoms with E-state index >= 15 is 0 Å². The van der Waals surface area contributed by atoms with Crippen LogP contribution in [0, 0.1) is 11.3 Å². The minimum Gasteiger partial charge on any atom is -0.423 e. The Kier molecular flexibility index (Phi) is 6.59. The fourth-order valence-electron chi connectivity index (χ4n) is 3.79. The van der Waals surface area contributed by atoms with E-state index < -0.39 is 27.8 Å². The van der Waals surface area contributed by atoms with E-state index in [4.69, 9.17) is 4.74 Å². The topological polar surface area (TPSA) is 134 Å². The van der Waals surface area contributed by atoms with Crippen LogP contribution in [-0.2, 0) is 19.6 Å². The molecule has 1 aromatic heterocycles. The predicted octanol–water partition coefficient (Wildman–Crippen LogP) is 4.42. The third-order valence-electron chi connectivity index (χ3n) is 5.68. The summed E-state index contributed by atoms with van der Waals surface area (Å²) >= 11 is 1.42. The maximum Gasteiger partial charge on any atom is 0.343 e. The fraction of sp³-hybridized carbons (Fsp3) is 0.0741. The zero-order valence-electron chi connectivity index (χ0n) is 19.5. The molecule has 2 heterocycles. The van der Waals surface area contributed by atoms with E-state index in [0.717, 1.165) is 22.3 Å². The number of sulfonamides is 1. The molecular formula is C27H17N3O6S2. The summed E-state index contributed by atoms with van der Waals surface area (Å²) in [5.74, 6) is -2.04. The summed E-state index contributed by atoms with van der Waals surface area (Å²) in [7, 11) is -4.33. The van der Waals surface area contributed by atoms with Crippen LogP contribution in [0.15, 0.2) is 77.7 Å². The highest BCUT2D eigenvalue weighted by Gasteiger charge is 2.39. The molecule has 38 heavy (non-hydrogen) atoms. The minimum atomic E-state index is -4.33. The standard InChI is InChI=1S/C27H17N3O6S2/c28-16-19(26-29-22-3-1-2-4-23(22)37-26)15-17-5-9-20(10-6-17)36-27(33)18-7-11-21(12-8-18)38(34,35)30-24(31)13-14-25(30)32/h1-12,15H,13-14H2. The Morgan fingerprint density at radius 1 is 0.974 bits per heavy atom. The number of hydrogen-bond acceptors (Lipinski definition) is 9. The smallest absolute Gasteiger partial charge is 0.343 e. The number of benzene rings is 3. The number of fused-ring (bicyclic) bond motifs is 1. The van der Waals surface area contributed by atoms with E-state index in [0.29, 0.717) is 16.1 Å². The number of esters is 1. The number of para-hydroxylation sites is 1. The van der Waals surface area contributed by atoms with Gasteiger partial charge in [-0.3, -0.25) is 9.59 Å². The first kappa shape index (κ1) is 25.0. The van der Waals surface area contributed by atoms with Gasteiger partial charge in [0.1, 0.15) is 16.8 Å². The first-order valence-electron chi connectivity index (χ1n) is 11.3. The third-order valence-corrected chi connectivity index (χ3v) is 8.51. The average molecular weight is 544 g/mol. The Balaban J connectivity index is 1.28. The van der Waals surface area contributed by atoms with Crippen LogP contribution in [0.5, 0.6) is 5.75 Å².